The van der Waals surface area contributed by atoms with Crippen molar-refractivity contribution in [2.24, 2.45) is 0 Å². The maximum atomic E-state index is 13.1. The fourth-order valence-electron chi connectivity index (χ4n) is 3.58. The lowest BCUT2D eigenvalue weighted by atomic mass is 9.91. The number of nitrogens with zero attached hydrogens (tertiary/aromatic N) is 1. The first-order valence-electron chi connectivity index (χ1n) is 8.61. The molecule has 1 heterocycles. The van der Waals surface area contributed by atoms with Gasteiger partial charge in [-0.2, -0.15) is 0 Å². The molecule has 1 fully saturated rings. The van der Waals surface area contributed by atoms with Crippen molar-refractivity contribution in [3.8, 4) is 5.75 Å². The molecule has 0 spiro atoms. The van der Waals surface area contributed by atoms with Crippen LogP contribution < -0.4 is 10.1 Å². The summed E-state index contributed by atoms with van der Waals surface area (Å²) >= 11 is 0. The molecule has 1 saturated heterocycles. The van der Waals surface area contributed by atoms with Crippen LogP contribution >= 0.6 is 0 Å². The number of urea groups is 1. The van der Waals surface area contributed by atoms with Crippen LogP contribution in [0, 0.1) is 20.8 Å². The average molecular weight is 352 g/mol. The third-order valence-electron chi connectivity index (χ3n) is 5.10. The number of carbonyl (C=O) groups is 2. The molecule has 1 aliphatic rings. The second-order valence-corrected chi connectivity index (χ2v) is 7.05. The van der Waals surface area contributed by atoms with E-state index in [2.05, 4.69) is 17.4 Å². The molecule has 0 bridgehead atoms. The van der Waals surface area contributed by atoms with Gasteiger partial charge in [0.15, 0.2) is 0 Å². The predicted molar refractivity (Wildman–Crippen MR) is 100 cm³/mol. The van der Waals surface area contributed by atoms with E-state index in [1.54, 1.807) is 26.2 Å². The van der Waals surface area contributed by atoms with Crippen LogP contribution in [0.2, 0.25) is 0 Å². The summed E-state index contributed by atoms with van der Waals surface area (Å²) in [6.07, 6.45) is 0. The monoisotopic (exact) mass is 352 g/mol. The number of benzene rings is 2. The Bertz CT molecular complexity index is 850. The van der Waals surface area contributed by atoms with Crippen LogP contribution in [-0.2, 0) is 16.9 Å². The third-order valence-corrected chi connectivity index (χ3v) is 5.10. The highest BCUT2D eigenvalue weighted by molar-refractivity contribution is 6.07. The van der Waals surface area contributed by atoms with Gasteiger partial charge in [-0.1, -0.05) is 29.8 Å². The molecule has 1 N–H and O–H groups in total. The van der Waals surface area contributed by atoms with E-state index in [1.807, 2.05) is 32.9 Å². The standard InChI is InChI=1S/C21H24N2O3/c1-13-10-14(2)18(15(3)11-13)12-23-19(24)21(4,22-20(23)25)16-6-8-17(26-5)9-7-16/h6-11H,12H2,1-5H3,(H,22,25). The van der Waals surface area contributed by atoms with Crippen molar-refractivity contribution in [3.63, 3.8) is 0 Å². The Morgan fingerprint density at radius 3 is 2.15 bits per heavy atom. The molecule has 0 saturated carbocycles. The first-order chi connectivity index (χ1) is 12.3. The van der Waals surface area contributed by atoms with E-state index in [1.165, 1.54) is 10.5 Å². The van der Waals surface area contributed by atoms with Gasteiger partial charge in [0, 0.05) is 0 Å². The molecule has 1 unspecified atom stereocenters. The Kier molecular flexibility index (Phi) is 4.48. The van der Waals surface area contributed by atoms with Crippen LogP contribution in [0.3, 0.4) is 0 Å². The normalized spacial score (nSPS) is 19.7. The second-order valence-electron chi connectivity index (χ2n) is 7.05. The summed E-state index contributed by atoms with van der Waals surface area (Å²) in [6, 6.07) is 11.0. The minimum absolute atomic E-state index is 0.243. The molecule has 26 heavy (non-hydrogen) atoms. The second kappa shape index (κ2) is 6.48. The summed E-state index contributed by atoms with van der Waals surface area (Å²) in [4.78, 5) is 27.0. The zero-order chi connectivity index (χ0) is 19.1. The Balaban J connectivity index is 1.91. The Labute approximate surface area is 154 Å². The van der Waals surface area contributed by atoms with Gasteiger partial charge in [0.05, 0.1) is 13.7 Å². The van der Waals surface area contributed by atoms with E-state index in [-0.39, 0.29) is 18.5 Å². The van der Waals surface area contributed by atoms with E-state index in [0.29, 0.717) is 5.75 Å². The zero-order valence-corrected chi connectivity index (χ0v) is 15.8. The van der Waals surface area contributed by atoms with Crippen molar-refractivity contribution in [1.82, 2.24) is 10.2 Å². The molecule has 0 radical (unpaired) electrons. The van der Waals surface area contributed by atoms with E-state index in [4.69, 9.17) is 4.74 Å². The van der Waals surface area contributed by atoms with Crippen molar-refractivity contribution in [3.05, 3.63) is 64.2 Å². The average Bonchev–Trinajstić information content (AvgIpc) is 2.81. The molecule has 1 atom stereocenters. The van der Waals surface area contributed by atoms with Crippen LogP contribution in [-0.4, -0.2) is 23.9 Å². The summed E-state index contributed by atoms with van der Waals surface area (Å²) in [5, 5.41) is 2.85. The van der Waals surface area contributed by atoms with E-state index >= 15 is 0 Å². The van der Waals surface area contributed by atoms with Gasteiger partial charge in [0.25, 0.3) is 5.91 Å². The lowest BCUT2D eigenvalue weighted by molar-refractivity contribution is -0.131. The van der Waals surface area contributed by atoms with Gasteiger partial charge in [0.2, 0.25) is 0 Å². The number of ether oxygens (including phenoxy) is 1. The number of aryl methyl sites for hydroxylation is 3. The van der Waals surface area contributed by atoms with E-state index < -0.39 is 5.54 Å². The van der Waals surface area contributed by atoms with Gasteiger partial charge in [-0.3, -0.25) is 9.69 Å². The largest absolute Gasteiger partial charge is 0.497 e. The zero-order valence-electron chi connectivity index (χ0n) is 15.8. The molecule has 5 heteroatoms. The minimum Gasteiger partial charge on any atom is -0.497 e. The molecule has 3 rings (SSSR count). The van der Waals surface area contributed by atoms with Gasteiger partial charge >= 0.3 is 6.03 Å². The van der Waals surface area contributed by atoms with Crippen molar-refractivity contribution in [2.75, 3.05) is 7.11 Å². The number of carbonyl (C=O) groups excluding carboxylic acids is 2. The maximum Gasteiger partial charge on any atom is 0.325 e. The van der Waals surface area contributed by atoms with Crippen molar-refractivity contribution >= 4 is 11.9 Å². The molecule has 2 aromatic carbocycles. The summed E-state index contributed by atoms with van der Waals surface area (Å²) < 4.78 is 5.17. The van der Waals surface area contributed by atoms with Gasteiger partial charge in [-0.15, -0.1) is 0 Å². The smallest absolute Gasteiger partial charge is 0.325 e. The number of rotatable bonds is 4. The van der Waals surface area contributed by atoms with Crippen LogP contribution in [0.25, 0.3) is 0 Å². The fraction of sp³-hybridized carbons (Fsp3) is 0.333. The van der Waals surface area contributed by atoms with Crippen LogP contribution in [0.4, 0.5) is 4.79 Å². The molecular formula is C21H24N2O3. The van der Waals surface area contributed by atoms with Crippen LogP contribution in [0.15, 0.2) is 36.4 Å². The van der Waals surface area contributed by atoms with Crippen LogP contribution in [0.5, 0.6) is 5.75 Å². The summed E-state index contributed by atoms with van der Waals surface area (Å²) in [5.74, 6) is 0.462. The van der Waals surface area contributed by atoms with Crippen LogP contribution in [0.1, 0.15) is 34.7 Å². The van der Waals surface area contributed by atoms with Gasteiger partial charge in [-0.25, -0.2) is 4.79 Å². The number of methoxy groups -OCH3 is 1. The number of imide groups is 1. The number of hydrogen-bond acceptors (Lipinski definition) is 3. The number of hydrogen-bond donors (Lipinski definition) is 1. The van der Waals surface area contributed by atoms with Crippen molar-refractivity contribution in [1.29, 1.82) is 0 Å². The quantitative estimate of drug-likeness (QED) is 0.856. The fourth-order valence-corrected chi connectivity index (χ4v) is 3.58. The molecule has 136 valence electrons. The first kappa shape index (κ1) is 18.0. The molecule has 0 aromatic heterocycles. The predicted octanol–water partition coefficient (Wildman–Crippen LogP) is 3.59. The van der Waals surface area contributed by atoms with Gasteiger partial charge in [-0.05, 0) is 62.1 Å². The summed E-state index contributed by atoms with van der Waals surface area (Å²) in [6.45, 7) is 8.07. The summed E-state index contributed by atoms with van der Waals surface area (Å²) in [7, 11) is 1.59. The Morgan fingerprint density at radius 2 is 1.62 bits per heavy atom. The first-order valence-corrected chi connectivity index (χ1v) is 8.61. The van der Waals surface area contributed by atoms with E-state index in [0.717, 1.165) is 22.3 Å². The highest BCUT2D eigenvalue weighted by Crippen LogP contribution is 2.31. The molecule has 0 aliphatic carbocycles. The lowest BCUT2D eigenvalue weighted by Crippen LogP contribution is -2.40. The highest BCUT2D eigenvalue weighted by Gasteiger charge is 2.49. The molecular weight excluding hydrogens is 328 g/mol. The van der Waals surface area contributed by atoms with Gasteiger partial charge in [0.1, 0.15) is 11.3 Å². The molecule has 5 nitrogen and oxygen atoms in total. The van der Waals surface area contributed by atoms with Crippen molar-refractivity contribution in [2.45, 2.75) is 39.8 Å². The number of amides is 3. The minimum atomic E-state index is -1.07. The highest BCUT2D eigenvalue weighted by atomic mass is 16.5. The topological polar surface area (TPSA) is 58.6 Å². The van der Waals surface area contributed by atoms with Gasteiger partial charge < -0.3 is 10.1 Å². The Hall–Kier alpha value is -2.82. The number of nitrogens with one attached hydrogen (secondary N) is 1. The molecule has 3 amide bonds. The lowest BCUT2D eigenvalue weighted by Gasteiger charge is -2.23. The van der Waals surface area contributed by atoms with E-state index in [9.17, 15) is 9.59 Å². The molecule has 1 aliphatic heterocycles. The third kappa shape index (κ3) is 2.94. The Morgan fingerprint density at radius 1 is 1.04 bits per heavy atom. The molecule has 2 aromatic rings. The maximum absolute atomic E-state index is 13.1. The van der Waals surface area contributed by atoms with Crippen molar-refractivity contribution < 1.29 is 14.3 Å². The SMILES string of the molecule is COc1ccc(C2(C)NC(=O)N(Cc3c(C)cc(C)cc3C)C2=O)cc1. The summed E-state index contributed by atoms with van der Waals surface area (Å²) in [5.41, 5.74) is 4.01.